The fourth-order valence-electron chi connectivity index (χ4n) is 1.62. The van der Waals surface area contributed by atoms with E-state index in [1.54, 1.807) is 31.2 Å². The number of nitrogens with two attached hydrogens (primary N) is 1. The van der Waals surface area contributed by atoms with Crippen molar-refractivity contribution in [3.05, 3.63) is 29.8 Å². The van der Waals surface area contributed by atoms with Crippen LogP contribution in [0.3, 0.4) is 0 Å². The first-order valence-electron chi connectivity index (χ1n) is 6.42. The maximum atomic E-state index is 11.8. The highest BCUT2D eigenvalue weighted by Gasteiger charge is 2.13. The highest BCUT2D eigenvalue weighted by Crippen LogP contribution is 2.12. The second-order valence-corrected chi connectivity index (χ2v) is 4.19. The molecule has 0 bridgehead atoms. The minimum atomic E-state index is -0.531. The van der Waals surface area contributed by atoms with Crippen molar-refractivity contribution < 1.29 is 14.3 Å². The molecule has 0 saturated heterocycles. The number of nitrogens with one attached hydrogen (secondary N) is 1. The minimum absolute atomic E-state index is 0.247. The average Bonchev–Trinajstić information content (AvgIpc) is 2.39. The van der Waals surface area contributed by atoms with Crippen LogP contribution in [0.5, 0.6) is 0 Å². The Balaban J connectivity index is 2.72. The lowest BCUT2D eigenvalue weighted by Gasteiger charge is -2.11. The molecule has 5 nitrogen and oxygen atoms in total. The van der Waals surface area contributed by atoms with E-state index in [9.17, 15) is 9.59 Å². The van der Waals surface area contributed by atoms with E-state index in [1.165, 1.54) is 0 Å². The maximum absolute atomic E-state index is 11.8. The lowest BCUT2D eigenvalue weighted by molar-refractivity contribution is -0.117. The monoisotopic (exact) mass is 264 g/mol. The Hall–Kier alpha value is -1.88. The van der Waals surface area contributed by atoms with Crippen molar-refractivity contribution in [3.63, 3.8) is 0 Å². The first-order chi connectivity index (χ1) is 9.08. The van der Waals surface area contributed by atoms with Gasteiger partial charge in [-0.05, 0) is 31.5 Å². The number of benzene rings is 1. The van der Waals surface area contributed by atoms with Crippen LogP contribution >= 0.6 is 0 Å². The molecule has 0 aliphatic carbocycles. The first kappa shape index (κ1) is 15.2. The van der Waals surface area contributed by atoms with Crippen LogP contribution in [0.2, 0.25) is 0 Å². The lowest BCUT2D eigenvalue weighted by Crippen LogP contribution is -2.35. The van der Waals surface area contributed by atoms with Crippen molar-refractivity contribution in [3.8, 4) is 0 Å². The number of esters is 1. The van der Waals surface area contributed by atoms with Crippen molar-refractivity contribution in [1.82, 2.24) is 0 Å². The molecule has 0 spiro atoms. The fraction of sp³-hybridized carbons (Fsp3) is 0.429. The Labute approximate surface area is 113 Å². The molecule has 0 heterocycles. The van der Waals surface area contributed by atoms with Gasteiger partial charge in [0.1, 0.15) is 0 Å². The summed E-state index contributed by atoms with van der Waals surface area (Å²) in [5, 5.41) is 2.69. The van der Waals surface area contributed by atoms with Crippen LogP contribution in [0.15, 0.2) is 24.3 Å². The van der Waals surface area contributed by atoms with Crippen molar-refractivity contribution in [2.45, 2.75) is 32.7 Å². The molecule has 104 valence electrons. The van der Waals surface area contributed by atoms with Gasteiger partial charge >= 0.3 is 5.97 Å². The zero-order chi connectivity index (χ0) is 14.3. The molecule has 1 unspecified atom stereocenters. The smallest absolute Gasteiger partial charge is 0.338 e. The summed E-state index contributed by atoms with van der Waals surface area (Å²) < 4.78 is 4.90. The van der Waals surface area contributed by atoms with Crippen molar-refractivity contribution >= 4 is 17.6 Å². The average molecular weight is 264 g/mol. The van der Waals surface area contributed by atoms with Crippen molar-refractivity contribution in [1.29, 1.82) is 0 Å². The molecule has 0 fully saturated rings. The summed E-state index contributed by atoms with van der Waals surface area (Å²) >= 11 is 0. The zero-order valence-corrected chi connectivity index (χ0v) is 11.3. The first-order valence-corrected chi connectivity index (χ1v) is 6.42. The molecule has 0 aromatic heterocycles. The SMILES string of the molecule is CCCC(N)C(=O)Nc1cccc(C(=O)OCC)c1. The topological polar surface area (TPSA) is 81.4 Å². The molecule has 0 aliphatic heterocycles. The number of rotatable bonds is 6. The van der Waals surface area contributed by atoms with Gasteiger partial charge in [0.05, 0.1) is 18.2 Å². The van der Waals surface area contributed by atoms with E-state index < -0.39 is 12.0 Å². The standard InChI is InChI=1S/C14H20N2O3/c1-3-6-12(15)13(17)16-11-8-5-7-10(9-11)14(18)19-4-2/h5,7-9,12H,3-4,6,15H2,1-2H3,(H,16,17). The van der Waals surface area contributed by atoms with Crippen LogP contribution in [0.25, 0.3) is 0 Å². The molecule has 1 aromatic carbocycles. The number of anilines is 1. The molecule has 19 heavy (non-hydrogen) atoms. The normalized spacial score (nSPS) is 11.7. The van der Waals surface area contributed by atoms with E-state index in [0.717, 1.165) is 6.42 Å². The van der Waals surface area contributed by atoms with Crippen LogP contribution in [0, 0.1) is 0 Å². The Bertz CT molecular complexity index is 446. The van der Waals surface area contributed by atoms with Crippen LogP contribution in [-0.4, -0.2) is 24.5 Å². The van der Waals surface area contributed by atoms with Gasteiger partial charge in [-0.25, -0.2) is 4.79 Å². The van der Waals surface area contributed by atoms with E-state index in [1.807, 2.05) is 6.92 Å². The van der Waals surface area contributed by atoms with Crippen LogP contribution < -0.4 is 11.1 Å². The van der Waals surface area contributed by atoms with Gasteiger partial charge in [-0.2, -0.15) is 0 Å². The third-order valence-corrected chi connectivity index (χ3v) is 2.58. The number of carbonyl (C=O) groups is 2. The van der Waals surface area contributed by atoms with E-state index in [0.29, 0.717) is 24.3 Å². The highest BCUT2D eigenvalue weighted by molar-refractivity contribution is 5.96. The summed E-state index contributed by atoms with van der Waals surface area (Å²) in [6, 6.07) is 6.08. The van der Waals surface area contributed by atoms with E-state index in [4.69, 9.17) is 10.5 Å². The molecule has 1 amide bonds. The number of hydrogen-bond donors (Lipinski definition) is 2. The van der Waals surface area contributed by atoms with Gasteiger partial charge in [-0.1, -0.05) is 19.4 Å². The third-order valence-electron chi connectivity index (χ3n) is 2.58. The Morgan fingerprint density at radius 2 is 2.11 bits per heavy atom. The highest BCUT2D eigenvalue weighted by atomic mass is 16.5. The molecular formula is C14H20N2O3. The number of ether oxygens (including phenoxy) is 1. The van der Waals surface area contributed by atoms with E-state index in [-0.39, 0.29) is 5.91 Å². The molecule has 0 aliphatic rings. The minimum Gasteiger partial charge on any atom is -0.462 e. The second-order valence-electron chi connectivity index (χ2n) is 4.19. The Morgan fingerprint density at radius 1 is 1.37 bits per heavy atom. The number of hydrogen-bond acceptors (Lipinski definition) is 4. The largest absolute Gasteiger partial charge is 0.462 e. The van der Waals surface area contributed by atoms with Crippen LogP contribution in [0.4, 0.5) is 5.69 Å². The summed E-state index contributed by atoms with van der Waals surface area (Å²) in [7, 11) is 0. The second kappa shape index (κ2) is 7.53. The van der Waals surface area contributed by atoms with Crippen molar-refractivity contribution in [2.24, 2.45) is 5.73 Å². The quantitative estimate of drug-likeness (QED) is 0.769. The van der Waals surface area contributed by atoms with Gasteiger partial charge < -0.3 is 15.8 Å². The van der Waals surface area contributed by atoms with Gasteiger partial charge in [0, 0.05) is 5.69 Å². The summed E-state index contributed by atoms with van der Waals surface area (Å²) in [6.45, 7) is 4.03. The van der Waals surface area contributed by atoms with Crippen LogP contribution in [0.1, 0.15) is 37.0 Å². The lowest BCUT2D eigenvalue weighted by atomic mass is 10.1. The molecule has 1 rings (SSSR count). The predicted molar refractivity (Wildman–Crippen MR) is 73.9 cm³/mol. The van der Waals surface area contributed by atoms with Gasteiger partial charge in [0.25, 0.3) is 0 Å². The summed E-state index contributed by atoms with van der Waals surface area (Å²) in [5.74, 6) is -0.653. The maximum Gasteiger partial charge on any atom is 0.338 e. The Kier molecular flexibility index (Phi) is 6.02. The molecule has 1 aromatic rings. The van der Waals surface area contributed by atoms with Gasteiger partial charge in [0.2, 0.25) is 5.91 Å². The number of carbonyl (C=O) groups excluding carboxylic acids is 2. The molecule has 1 atom stereocenters. The van der Waals surface area contributed by atoms with Crippen molar-refractivity contribution in [2.75, 3.05) is 11.9 Å². The molecule has 0 radical (unpaired) electrons. The van der Waals surface area contributed by atoms with Gasteiger partial charge in [0.15, 0.2) is 0 Å². The van der Waals surface area contributed by atoms with Gasteiger partial charge in [-0.15, -0.1) is 0 Å². The summed E-state index contributed by atoms with van der Waals surface area (Å²) in [5.41, 5.74) is 6.67. The molecule has 5 heteroatoms. The van der Waals surface area contributed by atoms with E-state index >= 15 is 0 Å². The third kappa shape index (κ3) is 4.71. The molecule has 0 saturated carbocycles. The number of amides is 1. The van der Waals surface area contributed by atoms with Crippen LogP contribution in [-0.2, 0) is 9.53 Å². The van der Waals surface area contributed by atoms with Gasteiger partial charge in [-0.3, -0.25) is 4.79 Å². The zero-order valence-electron chi connectivity index (χ0n) is 11.3. The molecule has 3 N–H and O–H groups in total. The fourth-order valence-corrected chi connectivity index (χ4v) is 1.62. The predicted octanol–water partition coefficient (Wildman–Crippen LogP) is 1.93. The summed E-state index contributed by atoms with van der Waals surface area (Å²) in [6.07, 6.45) is 1.47. The molecular weight excluding hydrogens is 244 g/mol. The van der Waals surface area contributed by atoms with E-state index in [2.05, 4.69) is 5.32 Å². The summed E-state index contributed by atoms with van der Waals surface area (Å²) in [4.78, 5) is 23.3. The Morgan fingerprint density at radius 3 is 2.74 bits per heavy atom.